The van der Waals surface area contributed by atoms with Crippen LogP contribution < -0.4 is 0 Å². The molecular weight excluding hydrogens is 759 g/mol. The fourth-order valence-corrected chi connectivity index (χ4v) is 11.9. The predicted molar refractivity (Wildman–Crippen MR) is 251 cm³/mol. The Balaban J connectivity index is 0.989. The Morgan fingerprint density at radius 1 is 0.475 bits per heavy atom. The van der Waals surface area contributed by atoms with Gasteiger partial charge in [0.05, 0.1) is 39.3 Å². The Hall–Kier alpha value is -7.71. The fourth-order valence-electron chi connectivity index (χ4n) is 10.5. The molecule has 0 amide bonds. The van der Waals surface area contributed by atoms with Gasteiger partial charge in [0, 0.05) is 48.0 Å². The Morgan fingerprint density at radius 3 is 1.95 bits per heavy atom. The van der Waals surface area contributed by atoms with E-state index >= 15 is 0 Å². The average molecular weight is 792 g/mol. The zero-order valence-electron chi connectivity index (χ0n) is 32.8. The van der Waals surface area contributed by atoms with Crippen LogP contribution in [-0.4, -0.2) is 9.55 Å². The van der Waals surface area contributed by atoms with Crippen molar-refractivity contribution in [3.63, 3.8) is 0 Å². The molecule has 0 radical (unpaired) electrons. The van der Waals surface area contributed by atoms with Crippen molar-refractivity contribution in [1.29, 1.82) is 5.26 Å². The van der Waals surface area contributed by atoms with Gasteiger partial charge in [0.25, 0.3) is 0 Å². The molecule has 3 heterocycles. The van der Waals surface area contributed by atoms with Crippen LogP contribution in [0.25, 0.3) is 82.7 Å². The van der Waals surface area contributed by atoms with Gasteiger partial charge in [-0.15, -0.1) is 0 Å². The maximum absolute atomic E-state index is 9.64. The number of pyridine rings is 1. The molecule has 2 aromatic heterocycles. The molecular formula is C57H33N3S. The number of para-hydroxylation sites is 2. The SMILES string of the molecule is N#Cc1ccc2c(c1)c1ccccc1n2-c1ccc(-c2cccc(-c3nc4ccccc4c4c5c(ccc34)C3(c4ccccc4S5)c4ccccc4-c4ccccc43)c2)cc1. The molecule has 0 fully saturated rings. The lowest BCUT2D eigenvalue weighted by atomic mass is 9.67. The van der Waals surface area contributed by atoms with Crippen LogP contribution >= 0.6 is 11.8 Å². The first-order valence-corrected chi connectivity index (χ1v) is 21.5. The topological polar surface area (TPSA) is 41.6 Å². The van der Waals surface area contributed by atoms with Gasteiger partial charge < -0.3 is 4.57 Å². The zero-order valence-corrected chi connectivity index (χ0v) is 33.6. The first-order valence-electron chi connectivity index (χ1n) is 20.7. The summed E-state index contributed by atoms with van der Waals surface area (Å²) in [5, 5.41) is 15.4. The molecule has 13 rings (SSSR count). The number of fused-ring (bicyclic) bond motifs is 16. The Morgan fingerprint density at radius 2 is 1.15 bits per heavy atom. The lowest BCUT2D eigenvalue weighted by Crippen LogP contribution is -2.32. The minimum Gasteiger partial charge on any atom is -0.309 e. The molecule has 282 valence electrons. The van der Waals surface area contributed by atoms with Gasteiger partial charge in [-0.05, 0) is 99.1 Å². The van der Waals surface area contributed by atoms with Crippen molar-refractivity contribution in [3.8, 4) is 45.3 Å². The predicted octanol–water partition coefficient (Wildman–Crippen LogP) is 14.5. The van der Waals surface area contributed by atoms with E-state index in [4.69, 9.17) is 4.98 Å². The molecule has 2 aliphatic rings. The van der Waals surface area contributed by atoms with E-state index in [9.17, 15) is 5.26 Å². The number of aromatic nitrogens is 2. The van der Waals surface area contributed by atoms with E-state index in [-0.39, 0.29) is 0 Å². The monoisotopic (exact) mass is 791 g/mol. The van der Waals surface area contributed by atoms with E-state index in [0.29, 0.717) is 5.56 Å². The Kier molecular flexibility index (Phi) is 7.22. The standard InChI is InChI=1S/C57H33N3S/c58-34-35-24-31-52-45(32-35)42-16-4-9-22-51(42)60(52)39-27-25-36(26-28-39)37-12-11-13-38(33-37)55-44-29-30-49-56(54(44)43-17-3-8-21-50(43)59-55)61-53-23-10-7-20-48(53)57(49)46-18-5-1-14-40(46)41-15-2-6-19-47(41)57/h1-33H. The van der Waals surface area contributed by atoms with E-state index in [1.807, 2.05) is 23.9 Å². The molecule has 11 aromatic rings. The summed E-state index contributed by atoms with van der Waals surface area (Å²) in [5.74, 6) is 0. The number of benzene rings is 9. The quantitative estimate of drug-likeness (QED) is 0.167. The first-order chi connectivity index (χ1) is 30.2. The molecule has 1 aliphatic carbocycles. The van der Waals surface area contributed by atoms with E-state index in [1.54, 1.807) is 0 Å². The second kappa shape index (κ2) is 12.9. The Bertz CT molecular complexity index is 3660. The number of hydrogen-bond acceptors (Lipinski definition) is 3. The van der Waals surface area contributed by atoms with Gasteiger partial charge in [-0.2, -0.15) is 5.26 Å². The van der Waals surface area contributed by atoms with Crippen LogP contribution in [0.5, 0.6) is 0 Å². The van der Waals surface area contributed by atoms with E-state index in [0.717, 1.165) is 60.8 Å². The first kappa shape index (κ1) is 34.2. The number of hydrogen-bond donors (Lipinski definition) is 0. The fraction of sp³-hybridized carbons (Fsp3) is 0.0175. The van der Waals surface area contributed by atoms with Crippen molar-refractivity contribution < 1.29 is 0 Å². The summed E-state index contributed by atoms with van der Waals surface area (Å²) in [6.45, 7) is 0. The van der Waals surface area contributed by atoms with Crippen molar-refractivity contribution in [2.45, 2.75) is 15.2 Å². The van der Waals surface area contributed by atoms with Gasteiger partial charge in [0.1, 0.15) is 0 Å². The summed E-state index contributed by atoms with van der Waals surface area (Å²) < 4.78 is 2.29. The summed E-state index contributed by atoms with van der Waals surface area (Å²) in [7, 11) is 0. The van der Waals surface area contributed by atoms with Crippen LogP contribution in [0.15, 0.2) is 210 Å². The van der Waals surface area contributed by atoms with Crippen molar-refractivity contribution in [2.24, 2.45) is 0 Å². The molecule has 3 nitrogen and oxygen atoms in total. The van der Waals surface area contributed by atoms with Gasteiger partial charge in [-0.1, -0.05) is 157 Å². The molecule has 1 spiro atoms. The third kappa shape index (κ3) is 4.73. The van der Waals surface area contributed by atoms with Crippen molar-refractivity contribution in [3.05, 3.63) is 228 Å². The van der Waals surface area contributed by atoms with Crippen LogP contribution in [0.1, 0.15) is 27.8 Å². The number of rotatable bonds is 3. The molecule has 4 heteroatoms. The van der Waals surface area contributed by atoms with E-state index < -0.39 is 5.41 Å². The summed E-state index contributed by atoms with van der Waals surface area (Å²) in [6, 6.07) is 74.8. The van der Waals surface area contributed by atoms with Gasteiger partial charge in [0.15, 0.2) is 0 Å². The summed E-state index contributed by atoms with van der Waals surface area (Å²) in [5.41, 5.74) is 16.8. The maximum Gasteiger partial charge on any atom is 0.0991 e. The third-order valence-corrected chi connectivity index (χ3v) is 14.3. The smallest absolute Gasteiger partial charge is 0.0991 e. The highest BCUT2D eigenvalue weighted by Gasteiger charge is 2.50. The minimum atomic E-state index is -0.450. The van der Waals surface area contributed by atoms with Crippen molar-refractivity contribution in [2.75, 3.05) is 0 Å². The van der Waals surface area contributed by atoms with E-state index in [1.165, 1.54) is 53.9 Å². The lowest BCUT2D eigenvalue weighted by molar-refractivity contribution is 0.726. The molecule has 1 aliphatic heterocycles. The van der Waals surface area contributed by atoms with Crippen LogP contribution in [0.4, 0.5) is 0 Å². The molecule has 0 saturated carbocycles. The molecule has 9 aromatic carbocycles. The van der Waals surface area contributed by atoms with Crippen LogP contribution in [0.2, 0.25) is 0 Å². The van der Waals surface area contributed by atoms with Crippen molar-refractivity contribution >= 4 is 55.2 Å². The van der Waals surface area contributed by atoms with Crippen LogP contribution in [0.3, 0.4) is 0 Å². The van der Waals surface area contributed by atoms with Gasteiger partial charge in [-0.25, -0.2) is 4.98 Å². The number of nitriles is 1. The number of nitrogens with zero attached hydrogens (tertiary/aromatic N) is 3. The van der Waals surface area contributed by atoms with Gasteiger partial charge in [-0.3, -0.25) is 0 Å². The highest BCUT2D eigenvalue weighted by atomic mass is 32.2. The average Bonchev–Trinajstić information content (AvgIpc) is 3.81. The summed E-state index contributed by atoms with van der Waals surface area (Å²) in [6.07, 6.45) is 0. The van der Waals surface area contributed by atoms with Gasteiger partial charge >= 0.3 is 0 Å². The molecule has 0 bridgehead atoms. The van der Waals surface area contributed by atoms with E-state index in [2.05, 4.69) is 199 Å². The molecule has 0 saturated heterocycles. The molecule has 0 N–H and O–H groups in total. The summed E-state index contributed by atoms with van der Waals surface area (Å²) in [4.78, 5) is 8.03. The highest BCUT2D eigenvalue weighted by molar-refractivity contribution is 7.99. The zero-order chi connectivity index (χ0) is 40.2. The van der Waals surface area contributed by atoms with Crippen molar-refractivity contribution in [1.82, 2.24) is 9.55 Å². The second-order valence-electron chi connectivity index (χ2n) is 16.1. The maximum atomic E-state index is 9.64. The van der Waals surface area contributed by atoms with Crippen LogP contribution in [-0.2, 0) is 5.41 Å². The van der Waals surface area contributed by atoms with Gasteiger partial charge in [0.2, 0.25) is 0 Å². The normalized spacial score (nSPS) is 13.3. The third-order valence-electron chi connectivity index (χ3n) is 13.1. The lowest BCUT2D eigenvalue weighted by Gasteiger charge is -2.40. The molecule has 0 atom stereocenters. The van der Waals surface area contributed by atoms with Crippen LogP contribution in [0, 0.1) is 11.3 Å². The summed E-state index contributed by atoms with van der Waals surface area (Å²) >= 11 is 1.90. The Labute approximate surface area is 356 Å². The molecule has 61 heavy (non-hydrogen) atoms. The molecule has 0 unspecified atom stereocenters. The second-order valence-corrected chi connectivity index (χ2v) is 17.2. The highest BCUT2D eigenvalue weighted by Crippen LogP contribution is 2.63. The minimum absolute atomic E-state index is 0.450. The largest absolute Gasteiger partial charge is 0.309 e.